The molecule has 1 heterocycles. The Morgan fingerprint density at radius 2 is 2.00 bits per heavy atom. The first-order valence-electron chi connectivity index (χ1n) is 5.41. The zero-order valence-electron chi connectivity index (χ0n) is 9.93. The van der Waals surface area contributed by atoms with Gasteiger partial charge in [0.2, 0.25) is 0 Å². The van der Waals surface area contributed by atoms with Crippen LogP contribution in [-0.2, 0) is 0 Å². The monoisotopic (exact) mass is 407 g/mol. The van der Waals surface area contributed by atoms with Crippen molar-refractivity contribution in [3.63, 3.8) is 0 Å². The summed E-state index contributed by atoms with van der Waals surface area (Å²) in [6.07, 6.45) is 0. The van der Waals surface area contributed by atoms with E-state index in [1.807, 2.05) is 13.1 Å². The van der Waals surface area contributed by atoms with Crippen molar-refractivity contribution in [3.8, 4) is 0 Å². The number of thiophene rings is 1. The van der Waals surface area contributed by atoms with E-state index < -0.39 is 0 Å². The molecule has 0 aliphatic rings. The van der Waals surface area contributed by atoms with Gasteiger partial charge in [0.1, 0.15) is 0 Å². The molecular formula is C13H12Br2ClNS. The molecule has 1 N–H and O–H groups in total. The van der Waals surface area contributed by atoms with E-state index in [1.165, 1.54) is 16.0 Å². The first-order valence-corrected chi connectivity index (χ1v) is 8.19. The van der Waals surface area contributed by atoms with Crippen LogP contribution in [-0.4, -0.2) is 7.05 Å². The summed E-state index contributed by atoms with van der Waals surface area (Å²) in [6, 6.07) is 8.58. The molecule has 0 saturated carbocycles. The maximum atomic E-state index is 6.10. The van der Waals surface area contributed by atoms with Crippen molar-refractivity contribution in [2.75, 3.05) is 7.05 Å². The summed E-state index contributed by atoms with van der Waals surface area (Å²) < 4.78 is 2.11. The molecule has 0 radical (unpaired) electrons. The minimum atomic E-state index is 0.172. The van der Waals surface area contributed by atoms with Crippen LogP contribution in [0.15, 0.2) is 32.5 Å². The Balaban J connectivity index is 2.41. The fourth-order valence-electron chi connectivity index (χ4n) is 1.83. The molecule has 0 aliphatic carbocycles. The van der Waals surface area contributed by atoms with Crippen LogP contribution in [0.25, 0.3) is 0 Å². The van der Waals surface area contributed by atoms with E-state index in [0.717, 1.165) is 13.3 Å². The van der Waals surface area contributed by atoms with Crippen molar-refractivity contribution in [1.82, 2.24) is 5.32 Å². The van der Waals surface area contributed by atoms with Crippen molar-refractivity contribution in [1.29, 1.82) is 0 Å². The zero-order chi connectivity index (χ0) is 13.3. The van der Waals surface area contributed by atoms with E-state index >= 15 is 0 Å². The Kier molecular flexibility index (Phi) is 4.89. The van der Waals surface area contributed by atoms with Crippen molar-refractivity contribution >= 4 is 54.8 Å². The number of rotatable bonds is 3. The number of hydrogen-bond acceptors (Lipinski definition) is 2. The highest BCUT2D eigenvalue weighted by molar-refractivity contribution is 9.11. The van der Waals surface area contributed by atoms with E-state index in [9.17, 15) is 0 Å². The van der Waals surface area contributed by atoms with E-state index in [4.69, 9.17) is 11.6 Å². The molecule has 0 spiro atoms. The topological polar surface area (TPSA) is 12.0 Å². The average molecular weight is 410 g/mol. The third-order valence-electron chi connectivity index (χ3n) is 2.75. The maximum absolute atomic E-state index is 6.10. The second-order valence-corrected chi connectivity index (χ2v) is 7.66. The Bertz CT molecular complexity index is 549. The Morgan fingerprint density at radius 1 is 1.28 bits per heavy atom. The van der Waals surface area contributed by atoms with Crippen molar-refractivity contribution in [3.05, 3.63) is 53.6 Å². The van der Waals surface area contributed by atoms with E-state index in [0.29, 0.717) is 0 Å². The van der Waals surface area contributed by atoms with Crippen LogP contribution in [0.4, 0.5) is 0 Å². The predicted molar refractivity (Wildman–Crippen MR) is 86.8 cm³/mol. The van der Waals surface area contributed by atoms with Crippen molar-refractivity contribution in [2.24, 2.45) is 0 Å². The van der Waals surface area contributed by atoms with Gasteiger partial charge in [0, 0.05) is 9.35 Å². The number of benzene rings is 1. The van der Waals surface area contributed by atoms with Gasteiger partial charge in [-0.25, -0.2) is 0 Å². The van der Waals surface area contributed by atoms with Crippen LogP contribution >= 0.6 is 54.8 Å². The zero-order valence-corrected chi connectivity index (χ0v) is 14.7. The highest BCUT2D eigenvalue weighted by atomic mass is 79.9. The van der Waals surface area contributed by atoms with E-state index in [2.05, 4.69) is 62.3 Å². The molecular weight excluding hydrogens is 397 g/mol. The molecule has 1 unspecified atom stereocenters. The second kappa shape index (κ2) is 6.06. The average Bonchev–Trinajstić information content (AvgIpc) is 2.65. The lowest BCUT2D eigenvalue weighted by Gasteiger charge is -2.16. The fourth-order valence-corrected chi connectivity index (χ4v) is 3.96. The lowest BCUT2D eigenvalue weighted by molar-refractivity contribution is 0.703. The van der Waals surface area contributed by atoms with Gasteiger partial charge in [-0.05, 0) is 53.2 Å². The molecule has 96 valence electrons. The summed E-state index contributed by atoms with van der Waals surface area (Å²) in [5, 5.41) is 4.11. The lowest BCUT2D eigenvalue weighted by atomic mass is 10.0. The molecule has 1 aromatic heterocycles. The second-order valence-electron chi connectivity index (χ2n) is 4.00. The van der Waals surface area contributed by atoms with Crippen LogP contribution in [0.1, 0.15) is 22.0 Å². The largest absolute Gasteiger partial charge is 0.309 e. The van der Waals surface area contributed by atoms with Crippen molar-refractivity contribution in [2.45, 2.75) is 13.0 Å². The summed E-state index contributed by atoms with van der Waals surface area (Å²) in [4.78, 5) is 1.20. The predicted octanol–water partition coefficient (Wildman–Crippen LogP) is 5.54. The number of hydrogen-bond donors (Lipinski definition) is 1. The SMILES string of the molecule is CNC(c1ccc(Br)c(C)c1)c1cc(Cl)c(Br)s1. The highest BCUT2D eigenvalue weighted by Gasteiger charge is 2.16. The summed E-state index contributed by atoms with van der Waals surface area (Å²) >= 11 is 14.8. The summed E-state index contributed by atoms with van der Waals surface area (Å²) in [6.45, 7) is 2.09. The standard InChI is InChI=1S/C13H12Br2ClNS/c1-7-5-8(3-4-9(7)14)12(17-2)11-6-10(16)13(15)18-11/h3-6,12,17H,1-2H3. The molecule has 1 nitrogen and oxygen atoms in total. The van der Waals surface area contributed by atoms with Gasteiger partial charge in [-0.3, -0.25) is 0 Å². The first-order chi connectivity index (χ1) is 8.52. The molecule has 2 rings (SSSR count). The Labute approximate surface area is 133 Å². The van der Waals surface area contributed by atoms with Crippen LogP contribution < -0.4 is 5.32 Å². The fraction of sp³-hybridized carbons (Fsp3) is 0.231. The molecule has 0 fully saturated rings. The molecule has 5 heteroatoms. The molecule has 0 saturated heterocycles. The van der Waals surface area contributed by atoms with Crippen LogP contribution in [0.2, 0.25) is 5.02 Å². The molecule has 0 bridgehead atoms. The van der Waals surface area contributed by atoms with Crippen molar-refractivity contribution < 1.29 is 0 Å². The van der Waals surface area contributed by atoms with Gasteiger partial charge in [-0.15, -0.1) is 11.3 Å². The molecule has 1 atom stereocenters. The van der Waals surface area contributed by atoms with Crippen LogP contribution in [0.3, 0.4) is 0 Å². The summed E-state index contributed by atoms with van der Waals surface area (Å²) in [5.41, 5.74) is 2.47. The Hall–Kier alpha value is 0.130. The minimum absolute atomic E-state index is 0.172. The van der Waals surface area contributed by atoms with Gasteiger partial charge in [0.25, 0.3) is 0 Å². The van der Waals surface area contributed by atoms with Crippen LogP contribution in [0.5, 0.6) is 0 Å². The number of halogens is 3. The lowest BCUT2D eigenvalue weighted by Crippen LogP contribution is -2.16. The normalized spacial score (nSPS) is 12.7. The van der Waals surface area contributed by atoms with Gasteiger partial charge in [0.05, 0.1) is 14.9 Å². The third kappa shape index (κ3) is 2.99. The van der Waals surface area contributed by atoms with Gasteiger partial charge >= 0.3 is 0 Å². The molecule has 18 heavy (non-hydrogen) atoms. The smallest absolute Gasteiger partial charge is 0.0888 e. The molecule has 0 aliphatic heterocycles. The maximum Gasteiger partial charge on any atom is 0.0888 e. The van der Waals surface area contributed by atoms with Gasteiger partial charge in [0.15, 0.2) is 0 Å². The third-order valence-corrected chi connectivity index (χ3v) is 6.18. The quantitative estimate of drug-likeness (QED) is 0.701. The van der Waals surface area contributed by atoms with Gasteiger partial charge in [-0.1, -0.05) is 39.7 Å². The van der Waals surface area contributed by atoms with Gasteiger partial charge in [-0.2, -0.15) is 0 Å². The molecule has 2 aromatic rings. The van der Waals surface area contributed by atoms with E-state index in [1.54, 1.807) is 11.3 Å². The summed E-state index contributed by atoms with van der Waals surface area (Å²) in [7, 11) is 1.96. The molecule has 0 amide bonds. The number of aryl methyl sites for hydroxylation is 1. The Morgan fingerprint density at radius 3 is 2.50 bits per heavy atom. The number of nitrogens with one attached hydrogen (secondary N) is 1. The van der Waals surface area contributed by atoms with E-state index in [-0.39, 0.29) is 6.04 Å². The summed E-state index contributed by atoms with van der Waals surface area (Å²) in [5.74, 6) is 0. The van der Waals surface area contributed by atoms with Gasteiger partial charge < -0.3 is 5.32 Å². The highest BCUT2D eigenvalue weighted by Crippen LogP contribution is 2.37. The first kappa shape index (κ1) is 14.5. The minimum Gasteiger partial charge on any atom is -0.309 e. The molecule has 1 aromatic carbocycles. The van der Waals surface area contributed by atoms with Crippen LogP contribution in [0, 0.1) is 6.92 Å².